The molecule has 0 radical (unpaired) electrons. The van der Waals surface area contributed by atoms with Gasteiger partial charge in [0.15, 0.2) is 0 Å². The lowest BCUT2D eigenvalue weighted by Gasteiger charge is -2.47. The quantitative estimate of drug-likeness (QED) is 0.702. The summed E-state index contributed by atoms with van der Waals surface area (Å²) in [4.78, 5) is 24.3. The third-order valence-corrected chi connectivity index (χ3v) is 6.52. The number of carbonyl (C=O) groups is 1. The second-order valence-corrected chi connectivity index (χ2v) is 8.59. The van der Waals surface area contributed by atoms with Crippen LogP contribution in [0.5, 0.6) is 0 Å². The topological polar surface area (TPSA) is 69.5 Å². The smallest absolute Gasteiger partial charge is 0.255 e. The standard InChI is InChI=1S/C22H28N4O3/c1-14-9-17(15(2)26(14)7-4-8-28-3)21(27)25-12-22(13-25)18-10-23-20(16-5-6-16)24-19(18)11-29-22/h9-10,16H,4-8,11-13H2,1-3H3. The first-order valence-electron chi connectivity index (χ1n) is 10.5. The molecule has 1 aliphatic carbocycles. The lowest BCUT2D eigenvalue weighted by atomic mass is 9.87. The van der Waals surface area contributed by atoms with E-state index in [1.54, 1.807) is 7.11 Å². The molecule has 154 valence electrons. The molecule has 4 heterocycles. The largest absolute Gasteiger partial charge is 0.385 e. The Morgan fingerprint density at radius 2 is 2.14 bits per heavy atom. The molecule has 0 atom stereocenters. The van der Waals surface area contributed by atoms with Crippen LogP contribution in [0.15, 0.2) is 12.3 Å². The van der Waals surface area contributed by atoms with Crippen molar-refractivity contribution in [3.8, 4) is 0 Å². The van der Waals surface area contributed by atoms with Gasteiger partial charge in [0.1, 0.15) is 11.4 Å². The van der Waals surface area contributed by atoms with E-state index in [4.69, 9.17) is 14.5 Å². The number of amides is 1. The van der Waals surface area contributed by atoms with Gasteiger partial charge < -0.3 is 18.9 Å². The van der Waals surface area contributed by atoms with Crippen LogP contribution in [0.2, 0.25) is 0 Å². The van der Waals surface area contributed by atoms with Crippen LogP contribution in [-0.2, 0) is 28.2 Å². The minimum atomic E-state index is -0.420. The van der Waals surface area contributed by atoms with Gasteiger partial charge in [-0.15, -0.1) is 0 Å². The molecule has 7 nitrogen and oxygen atoms in total. The van der Waals surface area contributed by atoms with E-state index in [1.807, 2.05) is 24.1 Å². The third kappa shape index (κ3) is 3.07. The SMILES string of the molecule is COCCCn1c(C)cc(C(=O)N2CC3(C2)OCc2nc(C4CC4)ncc23)c1C. The number of rotatable bonds is 6. The maximum Gasteiger partial charge on any atom is 0.255 e. The Kier molecular flexibility index (Phi) is 4.47. The normalized spacial score (nSPS) is 19.5. The zero-order chi connectivity index (χ0) is 20.2. The number of fused-ring (bicyclic) bond motifs is 2. The minimum Gasteiger partial charge on any atom is -0.385 e. The summed E-state index contributed by atoms with van der Waals surface area (Å²) >= 11 is 0. The third-order valence-electron chi connectivity index (χ3n) is 6.52. The number of nitrogens with zero attached hydrogens (tertiary/aromatic N) is 4. The molecule has 0 aromatic carbocycles. The van der Waals surface area contributed by atoms with Crippen LogP contribution in [0.25, 0.3) is 0 Å². The van der Waals surface area contributed by atoms with Crippen molar-refractivity contribution in [2.45, 2.75) is 57.8 Å². The van der Waals surface area contributed by atoms with E-state index in [0.29, 0.717) is 25.6 Å². The maximum atomic E-state index is 13.1. The molecule has 0 unspecified atom stereocenters. The predicted molar refractivity (Wildman–Crippen MR) is 107 cm³/mol. The summed E-state index contributed by atoms with van der Waals surface area (Å²) < 4.78 is 13.5. The van der Waals surface area contributed by atoms with Gasteiger partial charge in [-0.3, -0.25) is 4.79 Å². The van der Waals surface area contributed by atoms with Crippen LogP contribution in [0.3, 0.4) is 0 Å². The molecule has 1 spiro atoms. The molecular weight excluding hydrogens is 368 g/mol. The summed E-state index contributed by atoms with van der Waals surface area (Å²) in [6.07, 6.45) is 5.25. The highest BCUT2D eigenvalue weighted by atomic mass is 16.5. The molecule has 1 amide bonds. The van der Waals surface area contributed by atoms with Gasteiger partial charge in [0.25, 0.3) is 5.91 Å². The Hall–Kier alpha value is -2.25. The zero-order valence-corrected chi connectivity index (χ0v) is 17.4. The predicted octanol–water partition coefficient (Wildman–Crippen LogP) is 2.69. The molecule has 0 bridgehead atoms. The Morgan fingerprint density at radius 1 is 1.34 bits per heavy atom. The van der Waals surface area contributed by atoms with E-state index in [9.17, 15) is 4.79 Å². The average Bonchev–Trinajstić information content (AvgIpc) is 3.41. The van der Waals surface area contributed by atoms with E-state index in [0.717, 1.165) is 53.6 Å². The van der Waals surface area contributed by atoms with Crippen molar-refractivity contribution in [2.24, 2.45) is 0 Å². The maximum absolute atomic E-state index is 13.1. The van der Waals surface area contributed by atoms with E-state index < -0.39 is 5.60 Å². The van der Waals surface area contributed by atoms with Crippen molar-refractivity contribution in [1.82, 2.24) is 19.4 Å². The summed E-state index contributed by atoms with van der Waals surface area (Å²) in [6, 6.07) is 2.00. The van der Waals surface area contributed by atoms with Crippen molar-refractivity contribution in [1.29, 1.82) is 0 Å². The fourth-order valence-electron chi connectivity index (χ4n) is 4.62. The molecule has 1 saturated carbocycles. The number of hydrogen-bond acceptors (Lipinski definition) is 5. The van der Waals surface area contributed by atoms with Gasteiger partial charge in [0.2, 0.25) is 0 Å². The molecule has 5 rings (SSSR count). The first kappa shape index (κ1) is 18.8. The van der Waals surface area contributed by atoms with Crippen LogP contribution in [0.4, 0.5) is 0 Å². The van der Waals surface area contributed by atoms with Gasteiger partial charge in [0, 0.05) is 49.3 Å². The van der Waals surface area contributed by atoms with Crippen molar-refractivity contribution in [3.05, 3.63) is 46.3 Å². The van der Waals surface area contributed by atoms with Gasteiger partial charge in [0.05, 0.1) is 31.0 Å². The van der Waals surface area contributed by atoms with Gasteiger partial charge in [-0.25, -0.2) is 9.97 Å². The molecule has 7 heteroatoms. The first-order chi connectivity index (χ1) is 14.0. The van der Waals surface area contributed by atoms with Crippen LogP contribution in [-0.4, -0.2) is 52.1 Å². The second kappa shape index (κ2) is 6.92. The number of ether oxygens (including phenoxy) is 2. The highest BCUT2D eigenvalue weighted by molar-refractivity contribution is 5.96. The highest BCUT2D eigenvalue weighted by Crippen LogP contribution is 2.45. The molecule has 1 saturated heterocycles. The van der Waals surface area contributed by atoms with E-state index in [1.165, 1.54) is 12.8 Å². The number of likely N-dealkylation sites (tertiary alicyclic amines) is 1. The summed E-state index contributed by atoms with van der Waals surface area (Å²) in [7, 11) is 1.71. The first-order valence-corrected chi connectivity index (χ1v) is 10.5. The molecule has 2 aromatic rings. The van der Waals surface area contributed by atoms with Gasteiger partial charge >= 0.3 is 0 Å². The Morgan fingerprint density at radius 3 is 2.86 bits per heavy atom. The Bertz CT molecular complexity index is 957. The highest BCUT2D eigenvalue weighted by Gasteiger charge is 2.53. The Balaban J connectivity index is 1.29. The second-order valence-electron chi connectivity index (χ2n) is 8.59. The van der Waals surface area contributed by atoms with E-state index in [-0.39, 0.29) is 5.91 Å². The van der Waals surface area contributed by atoms with Crippen LogP contribution in [0, 0.1) is 13.8 Å². The van der Waals surface area contributed by atoms with Crippen molar-refractivity contribution in [2.75, 3.05) is 26.8 Å². The van der Waals surface area contributed by atoms with Crippen LogP contribution >= 0.6 is 0 Å². The fraction of sp³-hybridized carbons (Fsp3) is 0.591. The number of carbonyl (C=O) groups excluding carboxylic acids is 1. The average molecular weight is 396 g/mol. The van der Waals surface area contributed by atoms with Crippen LogP contribution in [0.1, 0.15) is 64.0 Å². The zero-order valence-electron chi connectivity index (χ0n) is 17.4. The van der Waals surface area contributed by atoms with Crippen molar-refractivity contribution < 1.29 is 14.3 Å². The van der Waals surface area contributed by atoms with Crippen molar-refractivity contribution in [3.63, 3.8) is 0 Å². The summed E-state index contributed by atoms with van der Waals surface area (Å²) in [5.41, 5.74) is 4.57. The molecular formula is C22H28N4O3. The number of hydrogen-bond donors (Lipinski definition) is 0. The van der Waals surface area contributed by atoms with Crippen LogP contribution < -0.4 is 0 Å². The van der Waals surface area contributed by atoms with Crippen molar-refractivity contribution >= 4 is 5.91 Å². The summed E-state index contributed by atoms with van der Waals surface area (Å²) in [5, 5.41) is 0. The van der Waals surface area contributed by atoms with Gasteiger partial charge in [-0.05, 0) is 39.2 Å². The lowest BCUT2D eigenvalue weighted by Crippen LogP contribution is -2.61. The lowest BCUT2D eigenvalue weighted by molar-refractivity contribution is -0.126. The molecule has 29 heavy (non-hydrogen) atoms. The number of aromatic nitrogens is 3. The Labute approximate surface area is 171 Å². The molecule has 0 N–H and O–H groups in total. The molecule has 2 aliphatic heterocycles. The monoisotopic (exact) mass is 396 g/mol. The molecule has 2 aromatic heterocycles. The summed E-state index contributed by atoms with van der Waals surface area (Å²) in [6.45, 7) is 7.32. The number of aryl methyl sites for hydroxylation is 1. The van der Waals surface area contributed by atoms with E-state index in [2.05, 4.69) is 16.5 Å². The number of methoxy groups -OCH3 is 1. The van der Waals surface area contributed by atoms with Gasteiger partial charge in [-0.2, -0.15) is 0 Å². The molecule has 2 fully saturated rings. The van der Waals surface area contributed by atoms with E-state index >= 15 is 0 Å². The molecule has 3 aliphatic rings. The minimum absolute atomic E-state index is 0.0780. The van der Waals surface area contributed by atoms with Gasteiger partial charge in [-0.1, -0.05) is 0 Å². The summed E-state index contributed by atoms with van der Waals surface area (Å²) in [5.74, 6) is 1.57. The fourth-order valence-corrected chi connectivity index (χ4v) is 4.62.